The van der Waals surface area contributed by atoms with Crippen molar-refractivity contribution in [1.29, 1.82) is 0 Å². The van der Waals surface area contributed by atoms with Crippen molar-refractivity contribution < 1.29 is 9.59 Å². The van der Waals surface area contributed by atoms with Crippen molar-refractivity contribution in [2.24, 2.45) is 0 Å². The van der Waals surface area contributed by atoms with Gasteiger partial charge in [0.05, 0.1) is 0 Å². The number of para-hydroxylation sites is 1. The second kappa shape index (κ2) is 9.01. The third-order valence-electron chi connectivity index (χ3n) is 4.81. The van der Waals surface area contributed by atoms with Crippen LogP contribution in [0.4, 0.5) is 11.4 Å². The number of nitrogens with one attached hydrogen (secondary N) is 2. The van der Waals surface area contributed by atoms with Crippen LogP contribution in [0.25, 0.3) is 10.8 Å². The average Bonchev–Trinajstić information content (AvgIpc) is 2.78. The molecule has 0 saturated carbocycles. The van der Waals surface area contributed by atoms with E-state index in [1.807, 2.05) is 66.7 Å². The van der Waals surface area contributed by atoms with Gasteiger partial charge in [-0.15, -0.1) is 0 Å². The number of aryl methyl sites for hydroxylation is 1. The molecule has 0 aliphatic heterocycles. The van der Waals surface area contributed by atoms with Crippen molar-refractivity contribution >= 4 is 34.0 Å². The summed E-state index contributed by atoms with van der Waals surface area (Å²) in [5.41, 5.74) is 3.11. The molecule has 5 heteroatoms. The van der Waals surface area contributed by atoms with Crippen molar-refractivity contribution in [3.05, 3.63) is 102 Å². The van der Waals surface area contributed by atoms with Crippen LogP contribution in [-0.2, 0) is 11.2 Å². The lowest BCUT2D eigenvalue weighted by molar-refractivity contribution is -0.116. The van der Waals surface area contributed by atoms with E-state index in [4.69, 9.17) is 0 Å². The average molecular weight is 395 g/mol. The van der Waals surface area contributed by atoms with Crippen LogP contribution in [0.15, 0.2) is 91.3 Å². The topological polar surface area (TPSA) is 71.1 Å². The summed E-state index contributed by atoms with van der Waals surface area (Å²) in [7, 11) is 0. The molecular weight excluding hydrogens is 374 g/mol. The van der Waals surface area contributed by atoms with E-state index < -0.39 is 0 Å². The summed E-state index contributed by atoms with van der Waals surface area (Å²) in [6, 6.07) is 24.3. The minimum absolute atomic E-state index is 0.0469. The monoisotopic (exact) mass is 395 g/mol. The Morgan fingerprint density at radius 2 is 1.57 bits per heavy atom. The summed E-state index contributed by atoms with van der Waals surface area (Å²) < 4.78 is 0. The lowest BCUT2D eigenvalue weighted by atomic mass is 10.1. The number of carbonyl (C=O) groups excluding carboxylic acids is 2. The third kappa shape index (κ3) is 4.89. The number of nitrogens with zero attached hydrogens (tertiary/aromatic N) is 1. The van der Waals surface area contributed by atoms with E-state index in [0.29, 0.717) is 18.4 Å². The molecule has 0 aliphatic rings. The van der Waals surface area contributed by atoms with Crippen molar-refractivity contribution in [3.63, 3.8) is 0 Å². The molecule has 0 aliphatic carbocycles. The van der Waals surface area contributed by atoms with Gasteiger partial charge in [0, 0.05) is 41.1 Å². The zero-order valence-electron chi connectivity index (χ0n) is 16.3. The Bertz CT molecular complexity index is 1170. The molecule has 5 nitrogen and oxygen atoms in total. The van der Waals surface area contributed by atoms with Gasteiger partial charge in [-0.1, -0.05) is 36.4 Å². The van der Waals surface area contributed by atoms with Gasteiger partial charge < -0.3 is 10.6 Å². The van der Waals surface area contributed by atoms with Crippen LogP contribution in [0, 0.1) is 0 Å². The maximum atomic E-state index is 12.3. The zero-order chi connectivity index (χ0) is 20.8. The Kier molecular flexibility index (Phi) is 5.80. The minimum Gasteiger partial charge on any atom is -0.326 e. The molecule has 0 radical (unpaired) electrons. The van der Waals surface area contributed by atoms with Gasteiger partial charge in [0.1, 0.15) is 0 Å². The molecule has 2 N–H and O–H groups in total. The summed E-state index contributed by atoms with van der Waals surface area (Å²) in [4.78, 5) is 28.7. The standard InChI is InChI=1S/C25H21N3O2/c29-24(27-23-12-11-21-17-26-15-14-20(21)16-23)13-8-18-6-9-19(10-7-18)25(30)28-22-4-2-1-3-5-22/h1-7,9-12,14-17H,8,13H2,(H,27,29)(H,28,30). The fourth-order valence-corrected chi connectivity index (χ4v) is 3.19. The molecule has 2 amide bonds. The van der Waals surface area contributed by atoms with E-state index in [1.165, 1.54) is 0 Å². The second-order valence-electron chi connectivity index (χ2n) is 7.00. The smallest absolute Gasteiger partial charge is 0.255 e. The molecule has 4 rings (SSSR count). The first-order chi connectivity index (χ1) is 14.7. The highest BCUT2D eigenvalue weighted by Gasteiger charge is 2.08. The van der Waals surface area contributed by atoms with Gasteiger partial charge in [0.25, 0.3) is 5.91 Å². The Balaban J connectivity index is 1.31. The minimum atomic E-state index is -0.156. The lowest BCUT2D eigenvalue weighted by Gasteiger charge is -2.08. The van der Waals surface area contributed by atoms with E-state index in [-0.39, 0.29) is 11.8 Å². The largest absolute Gasteiger partial charge is 0.326 e. The van der Waals surface area contributed by atoms with E-state index in [1.54, 1.807) is 24.5 Å². The Hall–Kier alpha value is -3.99. The molecular formula is C25H21N3O2. The van der Waals surface area contributed by atoms with Crippen LogP contribution in [0.3, 0.4) is 0 Å². The zero-order valence-corrected chi connectivity index (χ0v) is 16.3. The van der Waals surface area contributed by atoms with Crippen LogP contribution in [0.5, 0.6) is 0 Å². The predicted molar refractivity (Wildman–Crippen MR) is 120 cm³/mol. The van der Waals surface area contributed by atoms with E-state index >= 15 is 0 Å². The number of benzene rings is 3. The summed E-state index contributed by atoms with van der Waals surface area (Å²) in [5.74, 6) is -0.202. The molecule has 148 valence electrons. The first kappa shape index (κ1) is 19.3. The highest BCUT2D eigenvalue weighted by atomic mass is 16.2. The number of rotatable bonds is 6. The van der Waals surface area contributed by atoms with Gasteiger partial charge in [0.15, 0.2) is 0 Å². The molecule has 0 saturated heterocycles. The van der Waals surface area contributed by atoms with Gasteiger partial charge in [-0.2, -0.15) is 0 Å². The molecule has 0 fully saturated rings. The Morgan fingerprint density at radius 1 is 0.767 bits per heavy atom. The highest BCUT2D eigenvalue weighted by Crippen LogP contribution is 2.18. The summed E-state index contributed by atoms with van der Waals surface area (Å²) in [5, 5.41) is 7.87. The van der Waals surface area contributed by atoms with Crippen molar-refractivity contribution in [2.45, 2.75) is 12.8 Å². The number of hydrogen-bond donors (Lipinski definition) is 2. The van der Waals surface area contributed by atoms with Gasteiger partial charge >= 0.3 is 0 Å². The number of carbonyl (C=O) groups is 2. The van der Waals surface area contributed by atoms with Crippen LogP contribution in [-0.4, -0.2) is 16.8 Å². The summed E-state index contributed by atoms with van der Waals surface area (Å²) in [6.45, 7) is 0. The van der Waals surface area contributed by atoms with Crippen molar-refractivity contribution in [1.82, 2.24) is 4.98 Å². The van der Waals surface area contributed by atoms with E-state index in [2.05, 4.69) is 15.6 Å². The van der Waals surface area contributed by atoms with Crippen LogP contribution in [0.1, 0.15) is 22.3 Å². The second-order valence-corrected chi connectivity index (χ2v) is 7.00. The number of hydrogen-bond acceptors (Lipinski definition) is 3. The molecule has 3 aromatic carbocycles. The number of aromatic nitrogens is 1. The molecule has 0 bridgehead atoms. The Morgan fingerprint density at radius 3 is 2.37 bits per heavy atom. The first-order valence-corrected chi connectivity index (χ1v) is 9.76. The summed E-state index contributed by atoms with van der Waals surface area (Å²) in [6.07, 6.45) is 4.50. The maximum Gasteiger partial charge on any atom is 0.255 e. The van der Waals surface area contributed by atoms with Crippen molar-refractivity contribution in [3.8, 4) is 0 Å². The molecule has 30 heavy (non-hydrogen) atoms. The van der Waals surface area contributed by atoms with Gasteiger partial charge in [0.2, 0.25) is 5.91 Å². The molecule has 1 aromatic heterocycles. The maximum absolute atomic E-state index is 12.3. The lowest BCUT2D eigenvalue weighted by Crippen LogP contribution is -2.13. The van der Waals surface area contributed by atoms with Gasteiger partial charge in [-0.05, 0) is 59.8 Å². The SMILES string of the molecule is O=C(CCc1ccc(C(=O)Nc2ccccc2)cc1)Nc1ccc2cnccc2c1. The fraction of sp³-hybridized carbons (Fsp3) is 0.0800. The molecule has 0 spiro atoms. The van der Waals surface area contributed by atoms with Crippen LogP contribution < -0.4 is 10.6 Å². The third-order valence-corrected chi connectivity index (χ3v) is 4.81. The van der Waals surface area contributed by atoms with Crippen molar-refractivity contribution in [2.75, 3.05) is 10.6 Å². The van der Waals surface area contributed by atoms with E-state index in [9.17, 15) is 9.59 Å². The molecule has 4 aromatic rings. The molecule has 0 unspecified atom stereocenters. The van der Waals surface area contributed by atoms with Gasteiger partial charge in [-0.3, -0.25) is 14.6 Å². The van der Waals surface area contributed by atoms with Gasteiger partial charge in [-0.25, -0.2) is 0 Å². The highest BCUT2D eigenvalue weighted by molar-refractivity contribution is 6.04. The quantitative estimate of drug-likeness (QED) is 0.479. The van der Waals surface area contributed by atoms with E-state index in [0.717, 1.165) is 27.7 Å². The number of anilines is 2. The number of pyridine rings is 1. The normalized spacial score (nSPS) is 10.5. The first-order valence-electron chi connectivity index (χ1n) is 9.76. The van der Waals surface area contributed by atoms with Crippen LogP contribution in [0.2, 0.25) is 0 Å². The Labute approximate surface area is 174 Å². The molecule has 1 heterocycles. The molecule has 0 atom stereocenters. The fourth-order valence-electron chi connectivity index (χ4n) is 3.19. The van der Waals surface area contributed by atoms with Crippen LogP contribution >= 0.6 is 0 Å². The summed E-state index contributed by atoms with van der Waals surface area (Å²) >= 11 is 0. The predicted octanol–water partition coefficient (Wildman–Crippen LogP) is 5.06. The number of fused-ring (bicyclic) bond motifs is 1. The number of amides is 2.